The predicted molar refractivity (Wildman–Crippen MR) is 76.9 cm³/mol. The van der Waals surface area contributed by atoms with Gasteiger partial charge in [-0.05, 0) is 6.42 Å². The molecule has 8 heteroatoms. The molecule has 1 aromatic heterocycles. The fourth-order valence-corrected chi connectivity index (χ4v) is 2.28. The van der Waals surface area contributed by atoms with Crippen molar-refractivity contribution in [2.45, 2.75) is 19.9 Å². The number of rotatable bonds is 6. The first-order valence-corrected chi connectivity index (χ1v) is 6.65. The Labute approximate surface area is 117 Å². The van der Waals surface area contributed by atoms with Gasteiger partial charge in [0.05, 0.1) is 19.9 Å². The van der Waals surface area contributed by atoms with Crippen LogP contribution in [0.3, 0.4) is 0 Å². The summed E-state index contributed by atoms with van der Waals surface area (Å²) in [5.74, 6) is 0.762. The van der Waals surface area contributed by atoms with Crippen LogP contribution in [0.2, 0.25) is 0 Å². The van der Waals surface area contributed by atoms with E-state index < -0.39 is 0 Å². The Morgan fingerprint density at radius 3 is 2.90 bits per heavy atom. The van der Waals surface area contributed by atoms with Crippen LogP contribution in [0.4, 0.5) is 17.5 Å². The second kappa shape index (κ2) is 6.10. The molecule has 0 saturated carbocycles. The highest BCUT2D eigenvalue weighted by Crippen LogP contribution is 2.30. The van der Waals surface area contributed by atoms with Crippen molar-refractivity contribution in [3.05, 3.63) is 10.4 Å². The topological polar surface area (TPSA) is 96.9 Å². The summed E-state index contributed by atoms with van der Waals surface area (Å²) in [6.07, 6.45) is 0.817. The lowest BCUT2D eigenvalue weighted by Crippen LogP contribution is -2.31. The Morgan fingerprint density at radius 1 is 1.50 bits per heavy atom. The summed E-state index contributed by atoms with van der Waals surface area (Å²) in [4.78, 5) is 20.4. The van der Waals surface area contributed by atoms with Gasteiger partial charge in [0.1, 0.15) is 12.4 Å². The molecule has 0 radical (unpaired) electrons. The second-order valence-corrected chi connectivity index (χ2v) is 4.74. The van der Waals surface area contributed by atoms with Crippen molar-refractivity contribution in [3.8, 4) is 0 Å². The van der Waals surface area contributed by atoms with Gasteiger partial charge < -0.3 is 25.4 Å². The molecule has 0 unspecified atom stereocenters. The van der Waals surface area contributed by atoms with Gasteiger partial charge in [-0.3, -0.25) is 9.36 Å². The standard InChI is InChI=1S/C12H21N5O3/c1-3-4-17-11(19)9-10(14-12(17)13)16(7-15(9)2)8-20-6-5-18/h18H,3-8H2,1-2H3,(H2,13,14). The molecule has 112 valence electrons. The molecule has 1 aromatic rings. The summed E-state index contributed by atoms with van der Waals surface area (Å²) >= 11 is 0. The highest BCUT2D eigenvalue weighted by Gasteiger charge is 2.29. The Balaban J connectivity index is 2.33. The minimum Gasteiger partial charge on any atom is -0.394 e. The van der Waals surface area contributed by atoms with Gasteiger partial charge >= 0.3 is 0 Å². The lowest BCUT2D eigenvalue weighted by Gasteiger charge is -2.18. The number of aliphatic hydroxyl groups is 1. The van der Waals surface area contributed by atoms with Gasteiger partial charge in [-0.25, -0.2) is 0 Å². The van der Waals surface area contributed by atoms with E-state index >= 15 is 0 Å². The van der Waals surface area contributed by atoms with Gasteiger partial charge in [-0.2, -0.15) is 4.98 Å². The molecule has 3 N–H and O–H groups in total. The van der Waals surface area contributed by atoms with Crippen LogP contribution in [0.25, 0.3) is 0 Å². The highest BCUT2D eigenvalue weighted by atomic mass is 16.5. The summed E-state index contributed by atoms with van der Waals surface area (Å²) in [5, 5.41) is 8.73. The number of aliphatic hydroxyl groups excluding tert-OH is 1. The molecule has 2 rings (SSSR count). The number of hydrogen-bond donors (Lipinski definition) is 2. The third-order valence-corrected chi connectivity index (χ3v) is 3.15. The van der Waals surface area contributed by atoms with Crippen LogP contribution >= 0.6 is 0 Å². The second-order valence-electron chi connectivity index (χ2n) is 4.74. The number of aromatic nitrogens is 2. The summed E-state index contributed by atoms with van der Waals surface area (Å²) in [6.45, 7) is 3.53. The maximum Gasteiger partial charge on any atom is 0.280 e. The minimum atomic E-state index is -0.124. The van der Waals surface area contributed by atoms with Crippen molar-refractivity contribution >= 4 is 17.5 Å². The number of fused-ring (bicyclic) bond motifs is 1. The molecule has 1 aliphatic rings. The molecule has 0 amide bonds. The first-order valence-electron chi connectivity index (χ1n) is 6.65. The zero-order valence-electron chi connectivity index (χ0n) is 11.9. The summed E-state index contributed by atoms with van der Waals surface area (Å²) in [7, 11) is 1.83. The van der Waals surface area contributed by atoms with Crippen LogP contribution in [0.1, 0.15) is 13.3 Å². The molecule has 2 heterocycles. The molecule has 0 saturated heterocycles. The zero-order chi connectivity index (χ0) is 14.7. The zero-order valence-corrected chi connectivity index (χ0v) is 11.9. The monoisotopic (exact) mass is 283 g/mol. The van der Waals surface area contributed by atoms with Gasteiger partial charge in [0.15, 0.2) is 5.82 Å². The molecular formula is C12H21N5O3. The van der Waals surface area contributed by atoms with Gasteiger partial charge in [-0.1, -0.05) is 6.92 Å². The van der Waals surface area contributed by atoms with E-state index in [4.69, 9.17) is 15.6 Å². The molecule has 0 bridgehead atoms. The quantitative estimate of drug-likeness (QED) is 0.674. The lowest BCUT2D eigenvalue weighted by molar-refractivity contribution is 0.0930. The van der Waals surface area contributed by atoms with E-state index in [0.717, 1.165) is 6.42 Å². The largest absolute Gasteiger partial charge is 0.394 e. The van der Waals surface area contributed by atoms with E-state index in [9.17, 15) is 4.79 Å². The third kappa shape index (κ3) is 2.56. The molecule has 0 fully saturated rings. The van der Waals surface area contributed by atoms with E-state index in [1.165, 1.54) is 4.57 Å². The van der Waals surface area contributed by atoms with Gasteiger partial charge in [0.2, 0.25) is 5.95 Å². The van der Waals surface area contributed by atoms with E-state index in [1.807, 2.05) is 23.8 Å². The van der Waals surface area contributed by atoms with Gasteiger partial charge in [0.25, 0.3) is 5.56 Å². The average molecular weight is 283 g/mol. The smallest absolute Gasteiger partial charge is 0.280 e. The van der Waals surface area contributed by atoms with Crippen molar-refractivity contribution in [1.29, 1.82) is 0 Å². The Kier molecular flexibility index (Phi) is 4.46. The molecule has 8 nitrogen and oxygen atoms in total. The Morgan fingerprint density at radius 2 is 2.25 bits per heavy atom. The minimum absolute atomic E-state index is 0.0375. The highest BCUT2D eigenvalue weighted by molar-refractivity contribution is 5.72. The number of hydrogen-bond acceptors (Lipinski definition) is 7. The Bertz CT molecular complexity index is 531. The number of nitrogens with two attached hydrogens (primary N) is 1. The maximum absolute atomic E-state index is 12.5. The van der Waals surface area contributed by atoms with Crippen LogP contribution in [0.5, 0.6) is 0 Å². The van der Waals surface area contributed by atoms with Crippen LogP contribution in [0.15, 0.2) is 4.79 Å². The first-order chi connectivity index (χ1) is 9.60. The van der Waals surface area contributed by atoms with Gasteiger partial charge in [0, 0.05) is 13.6 Å². The van der Waals surface area contributed by atoms with E-state index in [2.05, 4.69) is 4.98 Å². The van der Waals surface area contributed by atoms with Crippen LogP contribution in [-0.4, -0.2) is 48.3 Å². The van der Waals surface area contributed by atoms with E-state index in [0.29, 0.717) is 24.7 Å². The number of anilines is 3. The van der Waals surface area contributed by atoms with Crippen molar-refractivity contribution < 1.29 is 9.84 Å². The van der Waals surface area contributed by atoms with Crippen molar-refractivity contribution in [3.63, 3.8) is 0 Å². The molecule has 20 heavy (non-hydrogen) atoms. The van der Waals surface area contributed by atoms with Gasteiger partial charge in [-0.15, -0.1) is 0 Å². The third-order valence-electron chi connectivity index (χ3n) is 3.15. The summed E-state index contributed by atoms with van der Waals surface area (Å²) in [6, 6.07) is 0. The normalized spacial score (nSPS) is 13.9. The Hall–Kier alpha value is -1.80. The molecule has 1 aliphatic heterocycles. The van der Waals surface area contributed by atoms with Crippen molar-refractivity contribution in [1.82, 2.24) is 9.55 Å². The molecular weight excluding hydrogens is 262 g/mol. The van der Waals surface area contributed by atoms with Crippen LogP contribution < -0.4 is 21.1 Å². The van der Waals surface area contributed by atoms with Crippen molar-refractivity contribution in [2.24, 2.45) is 0 Å². The predicted octanol–water partition coefficient (Wildman–Crippen LogP) is -0.584. The van der Waals surface area contributed by atoms with Crippen LogP contribution in [-0.2, 0) is 11.3 Å². The van der Waals surface area contributed by atoms with E-state index in [-0.39, 0.29) is 31.5 Å². The fraction of sp³-hybridized carbons (Fsp3) is 0.667. The van der Waals surface area contributed by atoms with Crippen LogP contribution in [0, 0.1) is 0 Å². The number of ether oxygens (including phenoxy) is 1. The number of nitrogen functional groups attached to an aromatic ring is 1. The molecule has 0 aliphatic carbocycles. The SMILES string of the molecule is CCCn1c(N)nc2c(c1=O)N(C)CN2COCCO. The molecule has 0 aromatic carbocycles. The summed E-state index contributed by atoms with van der Waals surface area (Å²) in [5.41, 5.74) is 6.29. The summed E-state index contributed by atoms with van der Waals surface area (Å²) < 4.78 is 6.78. The number of nitrogens with zero attached hydrogens (tertiary/aromatic N) is 4. The lowest BCUT2D eigenvalue weighted by atomic mass is 10.4. The fourth-order valence-electron chi connectivity index (χ4n) is 2.28. The van der Waals surface area contributed by atoms with Crippen molar-refractivity contribution in [2.75, 3.05) is 49.2 Å². The average Bonchev–Trinajstić information content (AvgIpc) is 2.71. The first kappa shape index (κ1) is 14.6. The molecule has 0 spiro atoms. The van der Waals surface area contributed by atoms with E-state index in [1.54, 1.807) is 0 Å². The maximum atomic E-state index is 12.5. The molecule has 0 atom stereocenters.